The summed E-state index contributed by atoms with van der Waals surface area (Å²) >= 11 is 11.7. The van der Waals surface area contributed by atoms with E-state index < -0.39 is 0 Å². The Balaban J connectivity index is 2.13. The van der Waals surface area contributed by atoms with Crippen LogP contribution in [-0.2, 0) is 0 Å². The lowest BCUT2D eigenvalue weighted by Gasteiger charge is -2.22. The Morgan fingerprint density at radius 1 is 1.28 bits per heavy atom. The minimum absolute atomic E-state index is 0.0128. The van der Waals surface area contributed by atoms with Crippen molar-refractivity contribution in [3.05, 3.63) is 27.7 Å². The van der Waals surface area contributed by atoms with Gasteiger partial charge in [0.2, 0.25) is 0 Å². The smallest absolute Gasteiger partial charge is 0.143 e. The molecule has 1 saturated carbocycles. The Morgan fingerprint density at radius 2 is 2.06 bits per heavy atom. The highest BCUT2D eigenvalue weighted by atomic mass is 35.5. The van der Waals surface area contributed by atoms with Gasteiger partial charge in [0, 0.05) is 16.8 Å². The van der Waals surface area contributed by atoms with Crippen LogP contribution in [0.4, 0.5) is 0 Å². The van der Waals surface area contributed by atoms with Gasteiger partial charge in [0.1, 0.15) is 5.75 Å². The molecule has 0 radical (unpaired) electrons. The Hall–Kier alpha value is -0.770. The molecule has 98 valence electrons. The van der Waals surface area contributed by atoms with Gasteiger partial charge in [0.05, 0.1) is 17.2 Å². The van der Waals surface area contributed by atoms with Crippen LogP contribution in [0, 0.1) is 0 Å². The number of hydrogen-bond donors (Lipinski definition) is 2. The summed E-state index contributed by atoms with van der Waals surface area (Å²) in [6, 6.07) is 3.21. The predicted octanol–water partition coefficient (Wildman–Crippen LogP) is 3.42. The number of aliphatic hydroxyl groups is 1. The second-order valence-electron chi connectivity index (χ2n) is 4.58. The van der Waals surface area contributed by atoms with Gasteiger partial charge < -0.3 is 10.2 Å². The average molecular weight is 288 g/mol. The van der Waals surface area contributed by atoms with Crippen molar-refractivity contribution in [3.8, 4) is 5.75 Å². The van der Waals surface area contributed by atoms with E-state index in [1.54, 1.807) is 12.3 Å². The van der Waals surface area contributed by atoms with Gasteiger partial charge in [-0.15, -0.1) is 0 Å². The molecule has 18 heavy (non-hydrogen) atoms. The Kier molecular flexibility index (Phi) is 4.49. The zero-order valence-corrected chi connectivity index (χ0v) is 11.3. The molecule has 0 unspecified atom stereocenters. The number of benzene rings is 1. The first-order chi connectivity index (χ1) is 8.56. The summed E-state index contributed by atoms with van der Waals surface area (Å²) < 4.78 is 0. The molecule has 2 N–H and O–H groups in total. The fraction of sp³-hybridized carbons (Fsp3) is 0.462. The molecule has 3 nitrogen and oxygen atoms in total. The summed E-state index contributed by atoms with van der Waals surface area (Å²) in [7, 11) is 0. The SMILES string of the molecule is Oc1c(Cl)cc(Cl)cc1C=N[C@@H]1CCC[C@H](O)C1. The molecule has 2 rings (SSSR count). The lowest BCUT2D eigenvalue weighted by Crippen LogP contribution is -2.22. The van der Waals surface area contributed by atoms with E-state index >= 15 is 0 Å². The van der Waals surface area contributed by atoms with Crippen LogP contribution in [0.2, 0.25) is 10.0 Å². The molecule has 5 heteroatoms. The summed E-state index contributed by atoms with van der Waals surface area (Å²) in [4.78, 5) is 4.38. The molecule has 2 atom stereocenters. The predicted molar refractivity (Wildman–Crippen MR) is 74.0 cm³/mol. The molecule has 1 aliphatic carbocycles. The first kappa shape index (κ1) is 13.7. The second-order valence-corrected chi connectivity index (χ2v) is 5.42. The summed E-state index contributed by atoms with van der Waals surface area (Å²) in [5, 5.41) is 20.0. The van der Waals surface area contributed by atoms with Gasteiger partial charge in [-0.25, -0.2) is 0 Å². The normalized spacial score (nSPS) is 24.6. The number of phenols is 1. The molecule has 0 spiro atoms. The summed E-state index contributed by atoms with van der Waals surface area (Å²) in [6.07, 6.45) is 4.77. The van der Waals surface area contributed by atoms with Crippen LogP contribution in [-0.4, -0.2) is 28.6 Å². The molecule has 0 saturated heterocycles. The van der Waals surface area contributed by atoms with Gasteiger partial charge in [0.25, 0.3) is 0 Å². The summed E-state index contributed by atoms with van der Waals surface area (Å²) in [6.45, 7) is 0. The fourth-order valence-electron chi connectivity index (χ4n) is 2.14. The number of nitrogens with zero attached hydrogens (tertiary/aromatic N) is 1. The van der Waals surface area contributed by atoms with Crippen molar-refractivity contribution in [2.75, 3.05) is 0 Å². The van der Waals surface area contributed by atoms with Gasteiger partial charge in [0.15, 0.2) is 0 Å². The molecule has 1 fully saturated rings. The lowest BCUT2D eigenvalue weighted by atomic mass is 9.93. The molecule has 1 aromatic rings. The standard InChI is InChI=1S/C13H15Cl2NO2/c14-9-4-8(13(18)12(15)5-9)7-16-10-2-1-3-11(17)6-10/h4-5,7,10-11,17-18H,1-3,6H2/t10-,11+/m1/s1. The highest BCUT2D eigenvalue weighted by molar-refractivity contribution is 6.36. The van der Waals surface area contributed by atoms with Gasteiger partial charge in [-0.2, -0.15) is 0 Å². The zero-order valence-electron chi connectivity index (χ0n) is 9.81. The van der Waals surface area contributed by atoms with E-state index in [1.807, 2.05) is 0 Å². The van der Waals surface area contributed by atoms with Crippen LogP contribution in [0.15, 0.2) is 17.1 Å². The lowest BCUT2D eigenvalue weighted by molar-refractivity contribution is 0.121. The van der Waals surface area contributed by atoms with Gasteiger partial charge in [-0.1, -0.05) is 23.2 Å². The van der Waals surface area contributed by atoms with Crippen molar-refractivity contribution in [1.29, 1.82) is 0 Å². The van der Waals surface area contributed by atoms with Crippen molar-refractivity contribution in [2.45, 2.75) is 37.8 Å². The van der Waals surface area contributed by atoms with Crippen LogP contribution in [0.1, 0.15) is 31.2 Å². The van der Waals surface area contributed by atoms with Crippen LogP contribution in [0.5, 0.6) is 5.75 Å². The molecule has 1 aliphatic rings. The zero-order chi connectivity index (χ0) is 13.1. The third-order valence-electron chi connectivity index (χ3n) is 3.10. The van der Waals surface area contributed by atoms with Gasteiger partial charge in [-0.3, -0.25) is 4.99 Å². The fourth-order valence-corrected chi connectivity index (χ4v) is 2.65. The summed E-state index contributed by atoms with van der Waals surface area (Å²) in [5.74, 6) is -0.0128. The topological polar surface area (TPSA) is 52.8 Å². The van der Waals surface area contributed by atoms with Gasteiger partial charge >= 0.3 is 0 Å². The maximum absolute atomic E-state index is 9.77. The van der Waals surface area contributed by atoms with Crippen molar-refractivity contribution in [1.82, 2.24) is 0 Å². The minimum Gasteiger partial charge on any atom is -0.506 e. The quantitative estimate of drug-likeness (QED) is 0.819. The average Bonchev–Trinajstić information content (AvgIpc) is 2.32. The third kappa shape index (κ3) is 3.37. The van der Waals surface area contributed by atoms with Crippen LogP contribution < -0.4 is 0 Å². The second kappa shape index (κ2) is 5.91. The van der Waals surface area contributed by atoms with Crippen molar-refractivity contribution >= 4 is 29.4 Å². The highest BCUT2D eigenvalue weighted by Gasteiger charge is 2.18. The molecule has 0 bridgehead atoms. The van der Waals surface area contributed by atoms with E-state index in [0.717, 1.165) is 19.3 Å². The number of rotatable bonds is 2. The van der Waals surface area contributed by atoms with Crippen LogP contribution in [0.25, 0.3) is 0 Å². The van der Waals surface area contributed by atoms with E-state index in [4.69, 9.17) is 23.2 Å². The van der Waals surface area contributed by atoms with Crippen LogP contribution >= 0.6 is 23.2 Å². The largest absolute Gasteiger partial charge is 0.506 e. The summed E-state index contributed by atoms with van der Waals surface area (Å²) in [5.41, 5.74) is 0.507. The van der Waals surface area contributed by atoms with Crippen LogP contribution in [0.3, 0.4) is 0 Å². The number of aliphatic imine (C=N–C) groups is 1. The minimum atomic E-state index is -0.266. The van der Waals surface area contributed by atoms with Crippen molar-refractivity contribution in [3.63, 3.8) is 0 Å². The van der Waals surface area contributed by atoms with Crippen molar-refractivity contribution in [2.24, 2.45) is 4.99 Å². The Bertz CT molecular complexity index is 463. The number of phenolic OH excluding ortho intramolecular Hbond substituents is 1. The molecule has 0 heterocycles. The molecule has 0 aliphatic heterocycles. The maximum atomic E-state index is 9.77. The van der Waals surface area contributed by atoms with E-state index in [2.05, 4.69) is 4.99 Å². The number of hydrogen-bond acceptors (Lipinski definition) is 3. The van der Waals surface area contributed by atoms with Gasteiger partial charge in [-0.05, 0) is 37.8 Å². The van der Waals surface area contributed by atoms with E-state index in [-0.39, 0.29) is 22.9 Å². The Labute approximate surface area is 116 Å². The Morgan fingerprint density at radius 3 is 2.78 bits per heavy atom. The van der Waals surface area contributed by atoms with E-state index in [1.165, 1.54) is 6.07 Å². The highest BCUT2D eigenvalue weighted by Crippen LogP contribution is 2.30. The number of aromatic hydroxyl groups is 1. The number of aliphatic hydroxyl groups excluding tert-OH is 1. The van der Waals surface area contributed by atoms with E-state index in [9.17, 15) is 10.2 Å². The van der Waals surface area contributed by atoms with E-state index in [0.29, 0.717) is 17.0 Å². The molecule has 1 aromatic carbocycles. The molecular formula is C13H15Cl2NO2. The molecular weight excluding hydrogens is 273 g/mol. The molecule has 0 aromatic heterocycles. The first-order valence-corrected chi connectivity index (χ1v) is 6.71. The number of halogens is 2. The van der Waals surface area contributed by atoms with Crippen molar-refractivity contribution < 1.29 is 10.2 Å². The monoisotopic (exact) mass is 287 g/mol. The molecule has 0 amide bonds. The third-order valence-corrected chi connectivity index (χ3v) is 3.61. The maximum Gasteiger partial charge on any atom is 0.143 e. The first-order valence-electron chi connectivity index (χ1n) is 5.95.